The quantitative estimate of drug-likeness (QED) is 0.739. The average Bonchev–Trinajstić information content (AvgIpc) is 2.41. The number of methoxy groups -OCH3 is 1. The molecule has 0 aromatic heterocycles. The van der Waals surface area contributed by atoms with Crippen LogP contribution in [-0.4, -0.2) is 26.8 Å². The van der Waals surface area contributed by atoms with Crippen LogP contribution in [0.5, 0.6) is 0 Å². The van der Waals surface area contributed by atoms with E-state index < -0.39 is 11.7 Å². The zero-order valence-electron chi connectivity index (χ0n) is 12.0. The molecule has 20 heavy (non-hydrogen) atoms. The fourth-order valence-corrected chi connectivity index (χ4v) is 1.90. The SMILES string of the molecule is COCCNCC(C)CCc1ccc(C(F)(F)F)cc1. The molecule has 0 bridgehead atoms. The summed E-state index contributed by atoms with van der Waals surface area (Å²) in [6, 6.07) is 5.43. The predicted molar refractivity (Wildman–Crippen MR) is 73.7 cm³/mol. The van der Waals surface area contributed by atoms with Crippen LogP contribution in [0.15, 0.2) is 24.3 Å². The third-order valence-electron chi connectivity index (χ3n) is 3.18. The van der Waals surface area contributed by atoms with Crippen LogP contribution in [0.25, 0.3) is 0 Å². The highest BCUT2D eigenvalue weighted by molar-refractivity contribution is 5.24. The number of nitrogens with one attached hydrogen (secondary N) is 1. The summed E-state index contributed by atoms with van der Waals surface area (Å²) in [5, 5.41) is 3.28. The van der Waals surface area contributed by atoms with Gasteiger partial charge in [0.15, 0.2) is 0 Å². The van der Waals surface area contributed by atoms with Gasteiger partial charge in [-0.3, -0.25) is 0 Å². The molecule has 1 unspecified atom stereocenters. The van der Waals surface area contributed by atoms with Gasteiger partial charge in [0.05, 0.1) is 12.2 Å². The lowest BCUT2D eigenvalue weighted by Crippen LogP contribution is -2.25. The van der Waals surface area contributed by atoms with Crippen LogP contribution in [0.1, 0.15) is 24.5 Å². The number of halogens is 3. The molecule has 0 radical (unpaired) electrons. The molecule has 0 saturated carbocycles. The summed E-state index contributed by atoms with van der Waals surface area (Å²) < 4.78 is 42.2. The maximum Gasteiger partial charge on any atom is 0.416 e. The minimum atomic E-state index is -4.25. The van der Waals surface area contributed by atoms with Crippen molar-refractivity contribution in [3.05, 3.63) is 35.4 Å². The molecule has 0 saturated heterocycles. The molecule has 1 atom stereocenters. The highest BCUT2D eigenvalue weighted by Crippen LogP contribution is 2.29. The van der Waals surface area contributed by atoms with Gasteiger partial charge in [0.1, 0.15) is 0 Å². The molecule has 114 valence electrons. The van der Waals surface area contributed by atoms with Gasteiger partial charge in [-0.1, -0.05) is 19.1 Å². The maximum absolute atomic E-state index is 12.4. The Hall–Kier alpha value is -1.07. The summed E-state index contributed by atoms with van der Waals surface area (Å²) in [7, 11) is 1.66. The van der Waals surface area contributed by atoms with E-state index in [0.717, 1.165) is 43.6 Å². The van der Waals surface area contributed by atoms with E-state index in [-0.39, 0.29) is 0 Å². The highest BCUT2D eigenvalue weighted by Gasteiger charge is 2.29. The van der Waals surface area contributed by atoms with Gasteiger partial charge in [0, 0.05) is 13.7 Å². The molecule has 1 rings (SSSR count). The lowest BCUT2D eigenvalue weighted by molar-refractivity contribution is -0.137. The zero-order chi connectivity index (χ0) is 15.0. The summed E-state index contributed by atoms with van der Waals surface area (Å²) in [5.74, 6) is 0.481. The van der Waals surface area contributed by atoms with Crippen LogP contribution in [-0.2, 0) is 17.3 Å². The molecule has 0 heterocycles. The normalized spacial score (nSPS) is 13.4. The number of benzene rings is 1. The van der Waals surface area contributed by atoms with Crippen LogP contribution in [0.4, 0.5) is 13.2 Å². The van der Waals surface area contributed by atoms with Crippen molar-refractivity contribution < 1.29 is 17.9 Å². The van der Waals surface area contributed by atoms with Gasteiger partial charge in [0.25, 0.3) is 0 Å². The number of hydrogen-bond acceptors (Lipinski definition) is 2. The van der Waals surface area contributed by atoms with Gasteiger partial charge in [0.2, 0.25) is 0 Å². The van der Waals surface area contributed by atoms with Crippen molar-refractivity contribution in [3.63, 3.8) is 0 Å². The Kier molecular flexibility index (Phi) is 7.02. The third kappa shape index (κ3) is 6.39. The number of hydrogen-bond donors (Lipinski definition) is 1. The fourth-order valence-electron chi connectivity index (χ4n) is 1.90. The van der Waals surface area contributed by atoms with E-state index >= 15 is 0 Å². The zero-order valence-corrected chi connectivity index (χ0v) is 12.0. The first kappa shape index (κ1) is 17.0. The standard InChI is InChI=1S/C15H22F3NO/c1-12(11-19-9-10-20-2)3-4-13-5-7-14(8-6-13)15(16,17)18/h5-8,12,19H,3-4,9-11H2,1-2H3. The first-order valence-electron chi connectivity index (χ1n) is 6.79. The van der Waals surface area contributed by atoms with E-state index in [0.29, 0.717) is 12.5 Å². The van der Waals surface area contributed by atoms with Crippen LogP contribution in [0.3, 0.4) is 0 Å². The van der Waals surface area contributed by atoms with Gasteiger partial charge in [-0.2, -0.15) is 13.2 Å². The molecular formula is C15H22F3NO. The summed E-state index contributed by atoms with van der Waals surface area (Å²) in [6.07, 6.45) is -2.51. The molecule has 0 amide bonds. The first-order valence-corrected chi connectivity index (χ1v) is 6.79. The van der Waals surface area contributed by atoms with E-state index in [1.165, 1.54) is 0 Å². The Labute approximate surface area is 118 Å². The molecule has 1 aromatic carbocycles. The lowest BCUT2D eigenvalue weighted by atomic mass is 10.00. The van der Waals surface area contributed by atoms with Crippen molar-refractivity contribution in [2.75, 3.05) is 26.8 Å². The Balaban J connectivity index is 2.31. The smallest absolute Gasteiger partial charge is 0.383 e. The Morgan fingerprint density at radius 1 is 1.20 bits per heavy atom. The molecule has 0 aliphatic rings. The van der Waals surface area contributed by atoms with Gasteiger partial charge in [-0.05, 0) is 43.0 Å². The second-order valence-electron chi connectivity index (χ2n) is 5.04. The second kappa shape index (κ2) is 8.27. The van der Waals surface area contributed by atoms with Crippen molar-refractivity contribution in [2.45, 2.75) is 25.9 Å². The molecule has 0 aliphatic carbocycles. The first-order chi connectivity index (χ1) is 9.43. The molecule has 0 aliphatic heterocycles. The van der Waals surface area contributed by atoms with E-state index in [9.17, 15) is 13.2 Å². The van der Waals surface area contributed by atoms with E-state index in [1.54, 1.807) is 19.2 Å². The van der Waals surface area contributed by atoms with Gasteiger partial charge in [-0.15, -0.1) is 0 Å². The minimum absolute atomic E-state index is 0.481. The maximum atomic E-state index is 12.4. The monoisotopic (exact) mass is 289 g/mol. The van der Waals surface area contributed by atoms with Crippen molar-refractivity contribution in [1.82, 2.24) is 5.32 Å². The highest BCUT2D eigenvalue weighted by atomic mass is 19.4. The summed E-state index contributed by atoms with van der Waals surface area (Å²) in [4.78, 5) is 0. The molecule has 1 aromatic rings. The minimum Gasteiger partial charge on any atom is -0.383 e. The molecule has 0 fully saturated rings. The second-order valence-corrected chi connectivity index (χ2v) is 5.04. The Bertz CT molecular complexity index is 376. The third-order valence-corrected chi connectivity index (χ3v) is 3.18. The molecular weight excluding hydrogens is 267 g/mol. The molecule has 2 nitrogen and oxygen atoms in total. The fraction of sp³-hybridized carbons (Fsp3) is 0.600. The lowest BCUT2D eigenvalue weighted by Gasteiger charge is -2.13. The van der Waals surface area contributed by atoms with Crippen LogP contribution >= 0.6 is 0 Å². The predicted octanol–water partition coefficient (Wildman–Crippen LogP) is 3.51. The Morgan fingerprint density at radius 3 is 2.40 bits per heavy atom. The molecule has 5 heteroatoms. The number of aryl methyl sites for hydroxylation is 1. The Morgan fingerprint density at radius 2 is 1.85 bits per heavy atom. The van der Waals surface area contributed by atoms with Crippen molar-refractivity contribution in [2.24, 2.45) is 5.92 Å². The van der Waals surface area contributed by atoms with Gasteiger partial charge in [-0.25, -0.2) is 0 Å². The van der Waals surface area contributed by atoms with E-state index in [1.807, 2.05) is 0 Å². The van der Waals surface area contributed by atoms with Gasteiger partial charge < -0.3 is 10.1 Å². The summed E-state index contributed by atoms with van der Waals surface area (Å²) >= 11 is 0. The van der Waals surface area contributed by atoms with Crippen LogP contribution < -0.4 is 5.32 Å². The molecule has 0 spiro atoms. The van der Waals surface area contributed by atoms with Crippen molar-refractivity contribution >= 4 is 0 Å². The number of rotatable bonds is 8. The van der Waals surface area contributed by atoms with E-state index in [2.05, 4.69) is 12.2 Å². The van der Waals surface area contributed by atoms with Crippen LogP contribution in [0, 0.1) is 5.92 Å². The number of ether oxygens (including phenoxy) is 1. The van der Waals surface area contributed by atoms with Crippen LogP contribution in [0.2, 0.25) is 0 Å². The largest absolute Gasteiger partial charge is 0.416 e. The summed E-state index contributed by atoms with van der Waals surface area (Å²) in [6.45, 7) is 4.53. The summed E-state index contributed by atoms with van der Waals surface area (Å²) in [5.41, 5.74) is 0.359. The van der Waals surface area contributed by atoms with Crippen molar-refractivity contribution in [3.8, 4) is 0 Å². The van der Waals surface area contributed by atoms with Crippen molar-refractivity contribution in [1.29, 1.82) is 0 Å². The van der Waals surface area contributed by atoms with Gasteiger partial charge >= 0.3 is 6.18 Å². The topological polar surface area (TPSA) is 21.3 Å². The average molecular weight is 289 g/mol. The molecule has 1 N–H and O–H groups in total. The van der Waals surface area contributed by atoms with E-state index in [4.69, 9.17) is 4.74 Å². The number of alkyl halides is 3.